The number of para-hydroxylation sites is 1. The SMILES string of the molecule is CC[C@H](N[C@H]1C[C@H](C)N(c2ccccc2)C1=O)C(=O)OC. The Morgan fingerprint density at radius 1 is 1.43 bits per heavy atom. The molecule has 1 aliphatic rings. The molecule has 1 fully saturated rings. The van der Waals surface area contributed by atoms with Gasteiger partial charge >= 0.3 is 5.97 Å². The molecule has 0 spiro atoms. The van der Waals surface area contributed by atoms with Crippen molar-refractivity contribution in [2.75, 3.05) is 12.0 Å². The molecule has 1 saturated heterocycles. The van der Waals surface area contributed by atoms with Crippen LogP contribution < -0.4 is 10.2 Å². The van der Waals surface area contributed by atoms with E-state index in [0.717, 1.165) is 5.69 Å². The van der Waals surface area contributed by atoms with E-state index in [-0.39, 0.29) is 24.0 Å². The van der Waals surface area contributed by atoms with Gasteiger partial charge in [0.25, 0.3) is 0 Å². The summed E-state index contributed by atoms with van der Waals surface area (Å²) in [4.78, 5) is 26.0. The van der Waals surface area contributed by atoms with Crippen LogP contribution in [0.2, 0.25) is 0 Å². The van der Waals surface area contributed by atoms with E-state index in [1.165, 1.54) is 7.11 Å². The van der Waals surface area contributed by atoms with E-state index in [4.69, 9.17) is 4.74 Å². The van der Waals surface area contributed by atoms with Gasteiger partial charge in [-0.2, -0.15) is 0 Å². The third kappa shape index (κ3) is 3.24. The Labute approximate surface area is 125 Å². The fourth-order valence-corrected chi connectivity index (χ4v) is 2.78. The number of esters is 1. The molecule has 2 rings (SSSR count). The second-order valence-corrected chi connectivity index (χ2v) is 5.33. The monoisotopic (exact) mass is 290 g/mol. The number of carbonyl (C=O) groups is 2. The van der Waals surface area contributed by atoms with Gasteiger partial charge in [0.05, 0.1) is 13.2 Å². The lowest BCUT2D eigenvalue weighted by atomic mass is 10.1. The summed E-state index contributed by atoms with van der Waals surface area (Å²) in [5.74, 6) is -0.313. The minimum atomic E-state index is -0.438. The topological polar surface area (TPSA) is 58.6 Å². The number of amides is 1. The first-order chi connectivity index (χ1) is 10.1. The van der Waals surface area contributed by atoms with Gasteiger partial charge in [0.15, 0.2) is 0 Å². The molecule has 1 N–H and O–H groups in total. The van der Waals surface area contributed by atoms with Crippen LogP contribution in [0.5, 0.6) is 0 Å². The van der Waals surface area contributed by atoms with Crippen LogP contribution in [0.3, 0.4) is 0 Å². The van der Waals surface area contributed by atoms with Crippen LogP contribution in [0.15, 0.2) is 30.3 Å². The van der Waals surface area contributed by atoms with Crippen molar-refractivity contribution in [1.29, 1.82) is 0 Å². The summed E-state index contributed by atoms with van der Waals surface area (Å²) in [6, 6.07) is 8.93. The number of anilines is 1. The lowest BCUT2D eigenvalue weighted by molar-refractivity contribution is -0.143. The summed E-state index contributed by atoms with van der Waals surface area (Å²) in [6.07, 6.45) is 1.28. The predicted molar refractivity (Wildman–Crippen MR) is 81.0 cm³/mol. The Morgan fingerprint density at radius 3 is 2.67 bits per heavy atom. The lowest BCUT2D eigenvalue weighted by Crippen LogP contribution is -2.47. The Morgan fingerprint density at radius 2 is 2.10 bits per heavy atom. The van der Waals surface area contributed by atoms with Gasteiger partial charge < -0.3 is 9.64 Å². The number of carbonyl (C=O) groups excluding carboxylic acids is 2. The molecule has 0 bridgehead atoms. The Kier molecular flexibility index (Phi) is 4.96. The zero-order valence-electron chi connectivity index (χ0n) is 12.7. The second-order valence-electron chi connectivity index (χ2n) is 5.33. The zero-order chi connectivity index (χ0) is 15.4. The van der Waals surface area contributed by atoms with Gasteiger partial charge in [-0.1, -0.05) is 25.1 Å². The summed E-state index contributed by atoms with van der Waals surface area (Å²) in [6.45, 7) is 3.91. The number of nitrogens with one attached hydrogen (secondary N) is 1. The number of nitrogens with zero attached hydrogens (tertiary/aromatic N) is 1. The largest absolute Gasteiger partial charge is 0.468 e. The third-order valence-electron chi connectivity index (χ3n) is 3.88. The summed E-state index contributed by atoms with van der Waals surface area (Å²) < 4.78 is 4.76. The minimum Gasteiger partial charge on any atom is -0.468 e. The van der Waals surface area contributed by atoms with Crippen molar-refractivity contribution in [2.45, 2.75) is 44.8 Å². The highest BCUT2D eigenvalue weighted by atomic mass is 16.5. The van der Waals surface area contributed by atoms with E-state index in [9.17, 15) is 9.59 Å². The van der Waals surface area contributed by atoms with Crippen LogP contribution in [0, 0.1) is 0 Å². The molecule has 21 heavy (non-hydrogen) atoms. The van der Waals surface area contributed by atoms with Gasteiger partial charge in [0, 0.05) is 11.7 Å². The highest BCUT2D eigenvalue weighted by molar-refractivity contribution is 6.00. The molecule has 5 heteroatoms. The minimum absolute atomic E-state index is 0.0102. The average molecular weight is 290 g/mol. The van der Waals surface area contributed by atoms with Crippen LogP contribution in [0.25, 0.3) is 0 Å². The molecule has 0 aromatic heterocycles. The Bertz CT molecular complexity index is 504. The maximum atomic E-state index is 12.6. The Hall–Kier alpha value is -1.88. The quantitative estimate of drug-likeness (QED) is 0.839. The van der Waals surface area contributed by atoms with Crippen molar-refractivity contribution in [2.24, 2.45) is 0 Å². The molecule has 0 aliphatic carbocycles. The molecule has 114 valence electrons. The van der Waals surface area contributed by atoms with Crippen molar-refractivity contribution in [3.05, 3.63) is 30.3 Å². The van der Waals surface area contributed by atoms with Crippen molar-refractivity contribution in [3.8, 4) is 0 Å². The molecule has 0 saturated carbocycles. The summed E-state index contributed by atoms with van der Waals surface area (Å²) in [5.41, 5.74) is 0.894. The fraction of sp³-hybridized carbons (Fsp3) is 0.500. The van der Waals surface area contributed by atoms with Crippen LogP contribution in [-0.4, -0.2) is 37.1 Å². The van der Waals surface area contributed by atoms with Crippen LogP contribution in [0.4, 0.5) is 5.69 Å². The molecule has 1 heterocycles. The fourth-order valence-electron chi connectivity index (χ4n) is 2.78. The van der Waals surface area contributed by atoms with Gasteiger partial charge in [0.2, 0.25) is 5.91 Å². The molecule has 0 unspecified atom stereocenters. The number of hydrogen-bond donors (Lipinski definition) is 1. The zero-order valence-corrected chi connectivity index (χ0v) is 12.7. The Balaban J connectivity index is 2.11. The van der Waals surface area contributed by atoms with E-state index in [2.05, 4.69) is 5.32 Å². The highest BCUT2D eigenvalue weighted by Gasteiger charge is 2.39. The normalized spacial score (nSPS) is 23.2. The van der Waals surface area contributed by atoms with E-state index in [1.807, 2.05) is 44.2 Å². The summed E-state index contributed by atoms with van der Waals surface area (Å²) in [5, 5.41) is 3.13. The van der Waals surface area contributed by atoms with E-state index >= 15 is 0 Å². The van der Waals surface area contributed by atoms with E-state index in [0.29, 0.717) is 12.8 Å². The number of hydrogen-bond acceptors (Lipinski definition) is 4. The lowest BCUT2D eigenvalue weighted by Gasteiger charge is -2.22. The van der Waals surface area contributed by atoms with Gasteiger partial charge in [-0.25, -0.2) is 0 Å². The highest BCUT2D eigenvalue weighted by Crippen LogP contribution is 2.26. The van der Waals surface area contributed by atoms with Crippen LogP contribution >= 0.6 is 0 Å². The van der Waals surface area contributed by atoms with Crippen molar-refractivity contribution in [1.82, 2.24) is 5.32 Å². The first kappa shape index (κ1) is 15.5. The third-order valence-corrected chi connectivity index (χ3v) is 3.88. The van der Waals surface area contributed by atoms with E-state index < -0.39 is 6.04 Å². The standard InChI is InChI=1S/C16H22N2O3/c1-4-13(16(20)21-3)17-14-10-11(2)18(15(14)19)12-8-6-5-7-9-12/h5-9,11,13-14,17H,4,10H2,1-3H3/t11-,13-,14-/m0/s1. The van der Waals surface area contributed by atoms with Crippen molar-refractivity contribution >= 4 is 17.6 Å². The summed E-state index contributed by atoms with van der Waals surface area (Å²) in [7, 11) is 1.36. The second kappa shape index (κ2) is 6.72. The molecule has 1 aromatic carbocycles. The number of ether oxygens (including phenoxy) is 1. The number of benzene rings is 1. The van der Waals surface area contributed by atoms with Gasteiger partial charge in [-0.15, -0.1) is 0 Å². The molecule has 5 nitrogen and oxygen atoms in total. The maximum Gasteiger partial charge on any atom is 0.322 e. The molecule has 1 aliphatic heterocycles. The first-order valence-corrected chi connectivity index (χ1v) is 7.30. The van der Waals surface area contributed by atoms with Gasteiger partial charge in [0.1, 0.15) is 6.04 Å². The van der Waals surface area contributed by atoms with Crippen LogP contribution in [-0.2, 0) is 14.3 Å². The predicted octanol–water partition coefficient (Wildman–Crippen LogP) is 1.72. The molecular weight excluding hydrogens is 268 g/mol. The first-order valence-electron chi connectivity index (χ1n) is 7.30. The van der Waals surface area contributed by atoms with Crippen molar-refractivity contribution < 1.29 is 14.3 Å². The smallest absolute Gasteiger partial charge is 0.322 e. The molecule has 1 aromatic rings. The van der Waals surface area contributed by atoms with Crippen molar-refractivity contribution in [3.63, 3.8) is 0 Å². The molecule has 1 amide bonds. The molecule has 3 atom stereocenters. The molecular formula is C16H22N2O3. The van der Waals surface area contributed by atoms with E-state index in [1.54, 1.807) is 4.90 Å². The summed E-state index contributed by atoms with van der Waals surface area (Å²) >= 11 is 0. The number of rotatable bonds is 5. The average Bonchev–Trinajstić information content (AvgIpc) is 2.79. The molecule has 0 radical (unpaired) electrons. The van der Waals surface area contributed by atoms with Crippen LogP contribution in [0.1, 0.15) is 26.7 Å². The van der Waals surface area contributed by atoms with Gasteiger partial charge in [-0.05, 0) is 31.9 Å². The van der Waals surface area contributed by atoms with Gasteiger partial charge in [-0.3, -0.25) is 14.9 Å². The number of methoxy groups -OCH3 is 1. The maximum absolute atomic E-state index is 12.6.